The van der Waals surface area contributed by atoms with Crippen molar-refractivity contribution >= 4 is 35.8 Å². The first-order chi connectivity index (χ1) is 11.1. The van der Waals surface area contributed by atoms with Crippen LogP contribution in [0.5, 0.6) is 5.75 Å². The number of nitrogens with two attached hydrogens (primary N) is 1. The average Bonchev–Trinajstić information content (AvgIpc) is 2.55. The fraction of sp³-hybridized carbons (Fsp3) is 0.278. The molecule has 4 nitrogen and oxygen atoms in total. The summed E-state index contributed by atoms with van der Waals surface area (Å²) < 4.78 is 5.15. The molecule has 0 spiro atoms. The zero-order valence-corrected chi connectivity index (χ0v) is 15.5. The van der Waals surface area contributed by atoms with Crippen molar-refractivity contribution < 1.29 is 9.53 Å². The monoisotopic (exact) mass is 366 g/mol. The minimum absolute atomic E-state index is 0. The number of ether oxygens (including phenoxy) is 1. The summed E-state index contributed by atoms with van der Waals surface area (Å²) in [6.45, 7) is 1.90. The van der Waals surface area contributed by atoms with Crippen LogP contribution in [0, 0.1) is 0 Å². The number of hydrogen-bond donors (Lipinski definition) is 2. The Morgan fingerprint density at radius 1 is 1.12 bits per heavy atom. The van der Waals surface area contributed by atoms with Crippen LogP contribution in [0.15, 0.2) is 58.3 Å². The Balaban J connectivity index is 0.00000288. The molecule has 0 aromatic heterocycles. The number of benzene rings is 2. The van der Waals surface area contributed by atoms with Gasteiger partial charge in [-0.3, -0.25) is 4.79 Å². The summed E-state index contributed by atoms with van der Waals surface area (Å²) in [6, 6.07) is 15.8. The van der Waals surface area contributed by atoms with Gasteiger partial charge in [-0.25, -0.2) is 0 Å². The highest BCUT2D eigenvalue weighted by molar-refractivity contribution is 7.99. The zero-order chi connectivity index (χ0) is 16.7. The van der Waals surface area contributed by atoms with Crippen molar-refractivity contribution in [3.05, 3.63) is 48.5 Å². The van der Waals surface area contributed by atoms with E-state index in [0.29, 0.717) is 12.8 Å². The first-order valence-corrected chi connectivity index (χ1v) is 8.36. The van der Waals surface area contributed by atoms with E-state index in [1.807, 2.05) is 55.5 Å². The summed E-state index contributed by atoms with van der Waals surface area (Å²) in [6.07, 6.45) is 1.14. The maximum atomic E-state index is 11.8. The number of amides is 1. The van der Waals surface area contributed by atoms with Crippen LogP contribution in [0.1, 0.15) is 19.8 Å². The van der Waals surface area contributed by atoms with Crippen LogP contribution in [-0.4, -0.2) is 19.1 Å². The Bertz CT molecular complexity index is 630. The van der Waals surface area contributed by atoms with Gasteiger partial charge in [-0.05, 0) is 61.9 Å². The number of hydrogen-bond acceptors (Lipinski definition) is 4. The SMILES string of the molecule is COc1ccc(Sc2ccc(NC(=O)CCC(C)N)cc2)cc1.Cl. The molecule has 0 aliphatic rings. The molecular formula is C18H23ClN2O2S. The second kappa shape index (κ2) is 10.2. The lowest BCUT2D eigenvalue weighted by molar-refractivity contribution is -0.116. The molecule has 0 aliphatic carbocycles. The lowest BCUT2D eigenvalue weighted by Gasteiger charge is -2.08. The Hall–Kier alpha value is -1.69. The Morgan fingerprint density at radius 2 is 1.67 bits per heavy atom. The maximum absolute atomic E-state index is 11.8. The van der Waals surface area contributed by atoms with Gasteiger partial charge in [0.15, 0.2) is 0 Å². The number of anilines is 1. The van der Waals surface area contributed by atoms with Gasteiger partial charge >= 0.3 is 0 Å². The van der Waals surface area contributed by atoms with E-state index in [2.05, 4.69) is 5.32 Å². The predicted octanol–water partition coefficient (Wildman–Crippen LogP) is 4.33. The smallest absolute Gasteiger partial charge is 0.224 e. The normalized spacial score (nSPS) is 11.3. The summed E-state index contributed by atoms with van der Waals surface area (Å²) in [5, 5.41) is 2.88. The first kappa shape index (κ1) is 20.4. The lowest BCUT2D eigenvalue weighted by Crippen LogP contribution is -2.19. The van der Waals surface area contributed by atoms with Gasteiger partial charge in [0.2, 0.25) is 5.91 Å². The first-order valence-electron chi connectivity index (χ1n) is 7.54. The van der Waals surface area contributed by atoms with E-state index in [9.17, 15) is 4.79 Å². The minimum atomic E-state index is -0.00198. The van der Waals surface area contributed by atoms with Gasteiger partial charge in [-0.1, -0.05) is 11.8 Å². The molecule has 2 aromatic carbocycles. The lowest BCUT2D eigenvalue weighted by atomic mass is 10.2. The van der Waals surface area contributed by atoms with E-state index >= 15 is 0 Å². The molecule has 0 aliphatic heterocycles. The minimum Gasteiger partial charge on any atom is -0.497 e. The molecule has 0 bridgehead atoms. The highest BCUT2D eigenvalue weighted by Crippen LogP contribution is 2.29. The fourth-order valence-corrected chi connectivity index (χ4v) is 2.78. The topological polar surface area (TPSA) is 64.3 Å². The van der Waals surface area contributed by atoms with Crippen LogP contribution < -0.4 is 15.8 Å². The zero-order valence-electron chi connectivity index (χ0n) is 13.8. The molecule has 1 unspecified atom stereocenters. The van der Waals surface area contributed by atoms with Crippen molar-refractivity contribution in [2.75, 3.05) is 12.4 Å². The number of carbonyl (C=O) groups excluding carboxylic acids is 1. The van der Waals surface area contributed by atoms with Crippen LogP contribution in [0.2, 0.25) is 0 Å². The van der Waals surface area contributed by atoms with Gasteiger partial charge < -0.3 is 15.8 Å². The van der Waals surface area contributed by atoms with Gasteiger partial charge in [-0.2, -0.15) is 0 Å². The fourth-order valence-electron chi connectivity index (χ4n) is 1.97. The van der Waals surface area contributed by atoms with Crippen molar-refractivity contribution in [3.8, 4) is 5.75 Å². The summed E-state index contributed by atoms with van der Waals surface area (Å²) in [4.78, 5) is 14.0. The molecule has 0 saturated heterocycles. The van der Waals surface area contributed by atoms with Crippen molar-refractivity contribution in [2.24, 2.45) is 5.73 Å². The molecule has 3 N–H and O–H groups in total. The molecule has 0 heterocycles. The molecular weight excluding hydrogens is 344 g/mol. The largest absolute Gasteiger partial charge is 0.497 e. The summed E-state index contributed by atoms with van der Waals surface area (Å²) in [5.41, 5.74) is 6.46. The van der Waals surface area contributed by atoms with Gasteiger partial charge in [-0.15, -0.1) is 12.4 Å². The molecule has 0 saturated carbocycles. The van der Waals surface area contributed by atoms with E-state index in [1.165, 1.54) is 0 Å². The molecule has 2 rings (SSSR count). The second-order valence-electron chi connectivity index (χ2n) is 5.37. The number of rotatable bonds is 7. The highest BCUT2D eigenvalue weighted by atomic mass is 35.5. The third kappa shape index (κ3) is 6.83. The molecule has 2 aromatic rings. The molecule has 1 amide bonds. The Labute approximate surface area is 153 Å². The van der Waals surface area contributed by atoms with Gasteiger partial charge in [0.1, 0.15) is 5.75 Å². The third-order valence-corrected chi connectivity index (χ3v) is 4.28. The second-order valence-corrected chi connectivity index (χ2v) is 6.51. The quantitative estimate of drug-likeness (QED) is 0.765. The van der Waals surface area contributed by atoms with E-state index < -0.39 is 0 Å². The molecule has 0 fully saturated rings. The van der Waals surface area contributed by atoms with E-state index in [-0.39, 0.29) is 24.4 Å². The number of nitrogens with one attached hydrogen (secondary N) is 1. The number of halogens is 1. The summed E-state index contributed by atoms with van der Waals surface area (Å²) >= 11 is 1.66. The Morgan fingerprint density at radius 3 is 2.17 bits per heavy atom. The van der Waals surface area contributed by atoms with Crippen LogP contribution in [-0.2, 0) is 4.79 Å². The van der Waals surface area contributed by atoms with Crippen molar-refractivity contribution in [2.45, 2.75) is 35.6 Å². The predicted molar refractivity (Wildman–Crippen MR) is 102 cm³/mol. The Kier molecular flexibility index (Phi) is 8.68. The van der Waals surface area contributed by atoms with E-state index in [1.54, 1.807) is 18.9 Å². The van der Waals surface area contributed by atoms with Crippen LogP contribution in [0.4, 0.5) is 5.69 Å². The average molecular weight is 367 g/mol. The molecule has 130 valence electrons. The highest BCUT2D eigenvalue weighted by Gasteiger charge is 2.05. The van der Waals surface area contributed by atoms with Gasteiger partial charge in [0.25, 0.3) is 0 Å². The molecule has 0 radical (unpaired) electrons. The molecule has 24 heavy (non-hydrogen) atoms. The van der Waals surface area contributed by atoms with Crippen molar-refractivity contribution in [1.29, 1.82) is 0 Å². The summed E-state index contributed by atoms with van der Waals surface area (Å²) in [5.74, 6) is 0.845. The molecule has 6 heteroatoms. The number of carbonyl (C=O) groups is 1. The van der Waals surface area contributed by atoms with Gasteiger partial charge in [0.05, 0.1) is 7.11 Å². The third-order valence-electron chi connectivity index (χ3n) is 3.26. The van der Waals surface area contributed by atoms with Crippen LogP contribution in [0.25, 0.3) is 0 Å². The summed E-state index contributed by atoms with van der Waals surface area (Å²) in [7, 11) is 1.66. The van der Waals surface area contributed by atoms with Crippen molar-refractivity contribution in [3.63, 3.8) is 0 Å². The standard InChI is InChI=1S/C18H22N2O2S.ClH/c1-13(19)3-12-18(21)20-14-4-8-16(9-5-14)23-17-10-6-15(22-2)7-11-17;/h4-11,13H,3,12,19H2,1-2H3,(H,20,21);1H. The van der Waals surface area contributed by atoms with E-state index in [4.69, 9.17) is 10.5 Å². The molecule has 1 atom stereocenters. The van der Waals surface area contributed by atoms with Gasteiger partial charge in [0, 0.05) is 27.9 Å². The van der Waals surface area contributed by atoms with Crippen LogP contribution in [0.3, 0.4) is 0 Å². The number of methoxy groups -OCH3 is 1. The van der Waals surface area contributed by atoms with Crippen LogP contribution >= 0.6 is 24.2 Å². The van der Waals surface area contributed by atoms with Crippen molar-refractivity contribution in [1.82, 2.24) is 0 Å². The maximum Gasteiger partial charge on any atom is 0.224 e. The van der Waals surface area contributed by atoms with E-state index in [0.717, 1.165) is 21.2 Å².